The monoisotopic (exact) mass is 672 g/mol. The summed E-state index contributed by atoms with van der Waals surface area (Å²) in [5.41, 5.74) is 5.83. The molecule has 0 radical (unpaired) electrons. The second-order valence-corrected chi connectivity index (χ2v) is 10.5. The van der Waals surface area contributed by atoms with Crippen LogP contribution < -0.4 is 24.4 Å². The topological polar surface area (TPSA) is 78.4 Å². The number of nitrogens with zero attached hydrogens (tertiary/aromatic N) is 1. The highest BCUT2D eigenvalue weighted by Crippen LogP contribution is 2.35. The Hall–Kier alpha value is -4.57. The molecule has 0 fully saturated rings. The van der Waals surface area contributed by atoms with E-state index in [4.69, 9.17) is 18.9 Å². The Morgan fingerprint density at radius 2 is 1.55 bits per heavy atom. The minimum absolute atomic E-state index is 0.379. The number of hydrogen-bond acceptors (Lipinski definition) is 6. The van der Waals surface area contributed by atoms with Crippen molar-refractivity contribution in [2.75, 3.05) is 14.2 Å². The van der Waals surface area contributed by atoms with Crippen LogP contribution >= 0.6 is 22.6 Å². The molecule has 1 amide bonds. The van der Waals surface area contributed by atoms with Crippen molar-refractivity contribution in [3.63, 3.8) is 0 Å². The molecule has 0 bridgehead atoms. The number of nitrogens with one attached hydrogen (secondary N) is 1. The normalized spacial score (nSPS) is 10.9. The summed E-state index contributed by atoms with van der Waals surface area (Å²) in [5.74, 6) is 1.85. The van der Waals surface area contributed by atoms with E-state index in [1.54, 1.807) is 31.5 Å². The van der Waals surface area contributed by atoms with Crippen molar-refractivity contribution in [1.29, 1.82) is 0 Å². The van der Waals surface area contributed by atoms with E-state index in [9.17, 15) is 4.79 Å². The van der Waals surface area contributed by atoms with Gasteiger partial charge in [-0.2, -0.15) is 5.10 Å². The zero-order valence-electron chi connectivity index (χ0n) is 23.2. The van der Waals surface area contributed by atoms with E-state index in [0.29, 0.717) is 41.8 Å². The van der Waals surface area contributed by atoms with E-state index in [2.05, 4.69) is 57.4 Å². The van der Waals surface area contributed by atoms with Gasteiger partial charge in [0.05, 0.1) is 24.0 Å². The van der Waals surface area contributed by atoms with Crippen LogP contribution in [-0.4, -0.2) is 26.3 Å². The van der Waals surface area contributed by atoms with Gasteiger partial charge >= 0.3 is 0 Å². The average molecular weight is 673 g/mol. The smallest absolute Gasteiger partial charge is 0.271 e. The van der Waals surface area contributed by atoms with Crippen LogP contribution in [0.25, 0.3) is 10.8 Å². The first kappa shape index (κ1) is 28.9. The van der Waals surface area contributed by atoms with Gasteiger partial charge in [-0.15, -0.1) is 0 Å². The first-order valence-corrected chi connectivity index (χ1v) is 14.3. The van der Waals surface area contributed by atoms with Gasteiger partial charge in [0, 0.05) is 5.56 Å². The Balaban J connectivity index is 1.23. The van der Waals surface area contributed by atoms with E-state index in [-0.39, 0.29) is 5.91 Å². The van der Waals surface area contributed by atoms with E-state index >= 15 is 0 Å². The van der Waals surface area contributed by atoms with Crippen LogP contribution in [0.1, 0.15) is 27.0 Å². The Kier molecular flexibility index (Phi) is 9.55. The van der Waals surface area contributed by atoms with Gasteiger partial charge in [-0.05, 0) is 80.4 Å². The van der Waals surface area contributed by atoms with Gasteiger partial charge in [0.1, 0.15) is 13.2 Å². The predicted molar refractivity (Wildman–Crippen MR) is 173 cm³/mol. The van der Waals surface area contributed by atoms with Gasteiger partial charge in [0.15, 0.2) is 23.0 Å². The molecule has 0 saturated carbocycles. The molecule has 1 N–H and O–H groups in total. The number of carbonyl (C=O) groups is 1. The lowest BCUT2D eigenvalue weighted by Crippen LogP contribution is -2.17. The maximum atomic E-state index is 12.8. The molecule has 0 aromatic heterocycles. The van der Waals surface area contributed by atoms with Gasteiger partial charge in [-0.1, -0.05) is 72.8 Å². The number of carbonyl (C=O) groups excluding carboxylic acids is 1. The molecule has 5 aromatic carbocycles. The molecule has 0 aliphatic heterocycles. The van der Waals surface area contributed by atoms with Crippen molar-refractivity contribution in [2.24, 2.45) is 5.10 Å². The average Bonchev–Trinajstić information content (AvgIpc) is 3.03. The molecule has 0 unspecified atom stereocenters. The fourth-order valence-corrected chi connectivity index (χ4v) is 5.20. The first-order chi connectivity index (χ1) is 20.6. The molecule has 0 atom stereocenters. The number of hydrogen-bond donors (Lipinski definition) is 1. The van der Waals surface area contributed by atoms with Gasteiger partial charge < -0.3 is 18.9 Å². The van der Waals surface area contributed by atoms with E-state index in [1.807, 2.05) is 60.7 Å². The molecule has 5 rings (SSSR count). The Morgan fingerprint density at radius 1 is 0.786 bits per heavy atom. The van der Waals surface area contributed by atoms with Crippen LogP contribution in [0.5, 0.6) is 23.0 Å². The zero-order chi connectivity index (χ0) is 29.3. The summed E-state index contributed by atoms with van der Waals surface area (Å²) in [7, 11) is 3.13. The molecule has 7 nitrogen and oxygen atoms in total. The summed E-state index contributed by atoms with van der Waals surface area (Å²) in [4.78, 5) is 12.8. The van der Waals surface area contributed by atoms with Crippen LogP contribution in [0.2, 0.25) is 0 Å². The second kappa shape index (κ2) is 13.9. The van der Waals surface area contributed by atoms with Gasteiger partial charge in [0.2, 0.25) is 0 Å². The maximum absolute atomic E-state index is 12.8. The molecule has 8 heteroatoms. The van der Waals surface area contributed by atoms with Crippen molar-refractivity contribution >= 4 is 45.5 Å². The van der Waals surface area contributed by atoms with E-state index in [1.165, 1.54) is 12.5 Å². The minimum Gasteiger partial charge on any atom is -0.493 e. The Morgan fingerprint density at radius 3 is 2.36 bits per heavy atom. The van der Waals surface area contributed by atoms with Crippen LogP contribution in [0.4, 0.5) is 0 Å². The summed E-state index contributed by atoms with van der Waals surface area (Å²) in [6, 6.07) is 33.0. The maximum Gasteiger partial charge on any atom is 0.271 e. The number of fused-ring (bicyclic) bond motifs is 1. The molecule has 0 aliphatic carbocycles. The van der Waals surface area contributed by atoms with Crippen molar-refractivity contribution in [3.05, 3.63) is 129 Å². The number of benzene rings is 5. The molecule has 0 heterocycles. The highest BCUT2D eigenvalue weighted by atomic mass is 127. The minimum atomic E-state index is -0.379. The summed E-state index contributed by atoms with van der Waals surface area (Å²) in [6.07, 6.45) is 1.56. The Bertz CT molecular complexity index is 1720. The third-order valence-electron chi connectivity index (χ3n) is 6.55. The van der Waals surface area contributed by atoms with Gasteiger partial charge in [-0.25, -0.2) is 5.43 Å². The standard InChI is InChI=1S/C34H29IN2O5/c1-39-31-19-26(15-16-30(31)41-21-23-9-4-3-5-10-23)34(38)37-36-20-24-17-29(35)33(32(18-24)40-2)42-22-27-13-8-12-25-11-6-7-14-28(25)27/h3-20H,21-22H2,1-2H3,(H,37,38)/b36-20+. The fraction of sp³-hybridized carbons (Fsp3) is 0.118. The molecule has 42 heavy (non-hydrogen) atoms. The SMILES string of the molecule is COc1cc(C(=O)N/N=C/c2cc(I)c(OCc3cccc4ccccc34)c(OC)c2)ccc1OCc1ccccc1. The Labute approximate surface area is 258 Å². The predicted octanol–water partition coefficient (Wildman–Crippen LogP) is 7.38. The largest absolute Gasteiger partial charge is 0.493 e. The molecule has 212 valence electrons. The number of ether oxygens (including phenoxy) is 4. The van der Waals surface area contributed by atoms with Crippen molar-refractivity contribution < 1.29 is 23.7 Å². The highest BCUT2D eigenvalue weighted by molar-refractivity contribution is 14.1. The van der Waals surface area contributed by atoms with Crippen molar-refractivity contribution in [3.8, 4) is 23.0 Å². The summed E-state index contributed by atoms with van der Waals surface area (Å²) in [6.45, 7) is 0.791. The van der Waals surface area contributed by atoms with Gasteiger partial charge in [-0.3, -0.25) is 4.79 Å². The van der Waals surface area contributed by atoms with Crippen LogP contribution in [0, 0.1) is 3.57 Å². The molecular weight excluding hydrogens is 643 g/mol. The van der Waals surface area contributed by atoms with E-state index < -0.39 is 0 Å². The first-order valence-electron chi connectivity index (χ1n) is 13.2. The van der Waals surface area contributed by atoms with E-state index in [0.717, 1.165) is 25.6 Å². The van der Waals surface area contributed by atoms with Crippen LogP contribution in [0.15, 0.2) is 108 Å². The molecule has 0 aliphatic rings. The lowest BCUT2D eigenvalue weighted by molar-refractivity contribution is 0.0954. The number of amides is 1. The molecule has 0 saturated heterocycles. The quantitative estimate of drug-likeness (QED) is 0.0901. The van der Waals surface area contributed by atoms with Crippen LogP contribution in [-0.2, 0) is 13.2 Å². The number of rotatable bonds is 11. The summed E-state index contributed by atoms with van der Waals surface area (Å²) < 4.78 is 24.0. The number of halogens is 1. The summed E-state index contributed by atoms with van der Waals surface area (Å²) in [5, 5.41) is 6.47. The molecule has 0 spiro atoms. The zero-order valence-corrected chi connectivity index (χ0v) is 25.3. The third-order valence-corrected chi connectivity index (χ3v) is 7.35. The lowest BCUT2D eigenvalue weighted by Gasteiger charge is -2.14. The van der Waals surface area contributed by atoms with Crippen LogP contribution in [0.3, 0.4) is 0 Å². The van der Waals surface area contributed by atoms with Gasteiger partial charge in [0.25, 0.3) is 5.91 Å². The molecular formula is C34H29IN2O5. The summed E-state index contributed by atoms with van der Waals surface area (Å²) >= 11 is 2.21. The fourth-order valence-electron chi connectivity index (χ4n) is 4.42. The number of methoxy groups -OCH3 is 2. The second-order valence-electron chi connectivity index (χ2n) is 9.30. The third kappa shape index (κ3) is 7.01. The van der Waals surface area contributed by atoms with Crippen molar-refractivity contribution in [2.45, 2.75) is 13.2 Å². The number of hydrazone groups is 1. The molecule has 5 aromatic rings. The van der Waals surface area contributed by atoms with Crippen molar-refractivity contribution in [1.82, 2.24) is 5.43 Å². The lowest BCUT2D eigenvalue weighted by atomic mass is 10.1. The highest BCUT2D eigenvalue weighted by Gasteiger charge is 2.14.